The molecule has 0 aromatic heterocycles. The van der Waals surface area contributed by atoms with E-state index in [1.807, 2.05) is 55.5 Å². The normalized spacial score (nSPS) is 13.0. The maximum atomic E-state index is 12.4. The van der Waals surface area contributed by atoms with Crippen molar-refractivity contribution in [3.63, 3.8) is 0 Å². The van der Waals surface area contributed by atoms with E-state index >= 15 is 0 Å². The predicted octanol–water partition coefficient (Wildman–Crippen LogP) is 4.11. The van der Waals surface area contributed by atoms with Crippen molar-refractivity contribution in [3.05, 3.63) is 83.9 Å². The number of hydrogen-bond donors (Lipinski definition) is 1. The predicted molar refractivity (Wildman–Crippen MR) is 104 cm³/mol. The SMILES string of the molecule is CC(CS(=O)(=O)NCCc1ccccc1)c1ccc2ccccc2c1. The zero-order valence-corrected chi connectivity index (χ0v) is 15.2. The van der Waals surface area contributed by atoms with E-state index in [1.54, 1.807) is 0 Å². The molecular formula is C21H23NO2S. The van der Waals surface area contributed by atoms with Gasteiger partial charge >= 0.3 is 0 Å². The van der Waals surface area contributed by atoms with Gasteiger partial charge in [-0.05, 0) is 34.2 Å². The Labute approximate surface area is 149 Å². The van der Waals surface area contributed by atoms with Crippen LogP contribution in [-0.2, 0) is 16.4 Å². The summed E-state index contributed by atoms with van der Waals surface area (Å²) in [5, 5.41) is 2.31. The molecule has 0 aliphatic heterocycles. The molecule has 0 aliphatic rings. The van der Waals surface area contributed by atoms with Gasteiger partial charge in [0.2, 0.25) is 10.0 Å². The minimum Gasteiger partial charge on any atom is -0.215 e. The second-order valence-electron chi connectivity index (χ2n) is 6.42. The maximum absolute atomic E-state index is 12.4. The number of benzene rings is 3. The van der Waals surface area contributed by atoms with Crippen molar-refractivity contribution < 1.29 is 8.42 Å². The largest absolute Gasteiger partial charge is 0.215 e. The van der Waals surface area contributed by atoms with Crippen LogP contribution >= 0.6 is 0 Å². The summed E-state index contributed by atoms with van der Waals surface area (Å²) in [4.78, 5) is 0. The van der Waals surface area contributed by atoms with Crippen LogP contribution in [0.2, 0.25) is 0 Å². The summed E-state index contributed by atoms with van der Waals surface area (Å²) in [6.45, 7) is 2.39. The summed E-state index contributed by atoms with van der Waals surface area (Å²) in [6, 6.07) is 24.2. The fourth-order valence-corrected chi connectivity index (χ4v) is 4.38. The van der Waals surface area contributed by atoms with Gasteiger partial charge in [0.25, 0.3) is 0 Å². The first kappa shape index (κ1) is 17.6. The molecule has 0 spiro atoms. The van der Waals surface area contributed by atoms with Crippen molar-refractivity contribution in [2.75, 3.05) is 12.3 Å². The lowest BCUT2D eigenvalue weighted by molar-refractivity contribution is 0.576. The lowest BCUT2D eigenvalue weighted by Gasteiger charge is -2.14. The van der Waals surface area contributed by atoms with Gasteiger partial charge in [0, 0.05) is 6.54 Å². The minimum absolute atomic E-state index is 0.0566. The molecule has 0 fully saturated rings. The van der Waals surface area contributed by atoms with E-state index in [-0.39, 0.29) is 11.7 Å². The molecule has 3 nitrogen and oxygen atoms in total. The average molecular weight is 353 g/mol. The topological polar surface area (TPSA) is 46.2 Å². The third-order valence-electron chi connectivity index (χ3n) is 4.39. The molecule has 1 atom stereocenters. The first-order chi connectivity index (χ1) is 12.0. The average Bonchev–Trinajstić information content (AvgIpc) is 2.61. The molecule has 0 bridgehead atoms. The lowest BCUT2D eigenvalue weighted by Crippen LogP contribution is -2.30. The van der Waals surface area contributed by atoms with E-state index in [0.29, 0.717) is 13.0 Å². The van der Waals surface area contributed by atoms with Crippen LogP contribution in [-0.4, -0.2) is 20.7 Å². The maximum Gasteiger partial charge on any atom is 0.212 e. The fraction of sp³-hybridized carbons (Fsp3) is 0.238. The molecule has 0 saturated heterocycles. The highest BCUT2D eigenvalue weighted by molar-refractivity contribution is 7.89. The molecule has 3 rings (SSSR count). The summed E-state index contributed by atoms with van der Waals surface area (Å²) in [7, 11) is -3.30. The number of rotatable bonds is 7. The van der Waals surface area contributed by atoms with Gasteiger partial charge in [0.1, 0.15) is 0 Å². The van der Waals surface area contributed by atoms with Gasteiger partial charge in [-0.3, -0.25) is 0 Å². The van der Waals surface area contributed by atoms with Crippen LogP contribution in [0.3, 0.4) is 0 Å². The summed E-state index contributed by atoms with van der Waals surface area (Å²) >= 11 is 0. The van der Waals surface area contributed by atoms with Gasteiger partial charge < -0.3 is 0 Å². The van der Waals surface area contributed by atoms with Crippen LogP contribution in [0.1, 0.15) is 24.0 Å². The van der Waals surface area contributed by atoms with Gasteiger partial charge in [0.15, 0.2) is 0 Å². The third-order valence-corrected chi connectivity index (χ3v) is 5.97. The van der Waals surface area contributed by atoms with Crippen molar-refractivity contribution in [1.29, 1.82) is 0 Å². The minimum atomic E-state index is -3.30. The molecule has 0 amide bonds. The van der Waals surface area contributed by atoms with Crippen molar-refractivity contribution in [2.24, 2.45) is 0 Å². The van der Waals surface area contributed by atoms with Crippen LogP contribution in [0.25, 0.3) is 10.8 Å². The summed E-state index contributed by atoms with van der Waals surface area (Å²) in [6.07, 6.45) is 0.699. The van der Waals surface area contributed by atoms with Gasteiger partial charge in [-0.2, -0.15) is 0 Å². The molecule has 3 aromatic rings. The van der Waals surface area contributed by atoms with Crippen LogP contribution in [0.15, 0.2) is 72.8 Å². The van der Waals surface area contributed by atoms with Crippen LogP contribution in [0.5, 0.6) is 0 Å². The number of nitrogens with one attached hydrogen (secondary N) is 1. The Morgan fingerprint density at radius 1 is 0.880 bits per heavy atom. The van der Waals surface area contributed by atoms with Crippen molar-refractivity contribution in [3.8, 4) is 0 Å². The first-order valence-corrected chi connectivity index (χ1v) is 10.2. The molecule has 0 saturated carbocycles. The molecule has 130 valence electrons. The quantitative estimate of drug-likeness (QED) is 0.695. The highest BCUT2D eigenvalue weighted by Crippen LogP contribution is 2.22. The van der Waals surface area contributed by atoms with Gasteiger partial charge in [0.05, 0.1) is 5.75 Å². The first-order valence-electron chi connectivity index (χ1n) is 8.53. The van der Waals surface area contributed by atoms with Gasteiger partial charge in [-0.25, -0.2) is 13.1 Å². The third kappa shape index (κ3) is 4.91. The van der Waals surface area contributed by atoms with E-state index in [4.69, 9.17) is 0 Å². The van der Waals surface area contributed by atoms with Crippen LogP contribution in [0.4, 0.5) is 0 Å². The van der Waals surface area contributed by atoms with Crippen molar-refractivity contribution >= 4 is 20.8 Å². The zero-order valence-electron chi connectivity index (χ0n) is 14.4. The van der Waals surface area contributed by atoms with Gasteiger partial charge in [-0.15, -0.1) is 0 Å². The molecule has 1 N–H and O–H groups in total. The molecule has 0 radical (unpaired) electrons. The molecule has 0 aliphatic carbocycles. The second kappa shape index (κ2) is 7.81. The summed E-state index contributed by atoms with van der Waals surface area (Å²) < 4.78 is 27.4. The highest BCUT2D eigenvalue weighted by Gasteiger charge is 2.17. The molecule has 1 unspecified atom stereocenters. The van der Waals surface area contributed by atoms with E-state index in [0.717, 1.165) is 16.5 Å². The Bertz CT molecular complexity index is 936. The van der Waals surface area contributed by atoms with E-state index in [1.165, 1.54) is 5.39 Å². The molecule has 4 heteroatoms. The number of fused-ring (bicyclic) bond motifs is 1. The molecule has 0 heterocycles. The van der Waals surface area contributed by atoms with Crippen LogP contribution in [0, 0.1) is 0 Å². The monoisotopic (exact) mass is 353 g/mol. The standard InChI is InChI=1S/C21H23NO2S/c1-17(20-12-11-19-9-5-6-10-21(19)15-20)16-25(23,24)22-14-13-18-7-3-2-4-8-18/h2-12,15,17,22H,13-14,16H2,1H3. The van der Waals surface area contributed by atoms with E-state index in [9.17, 15) is 8.42 Å². The number of hydrogen-bond acceptors (Lipinski definition) is 2. The summed E-state index contributed by atoms with van der Waals surface area (Å²) in [5.41, 5.74) is 2.18. The Morgan fingerprint density at radius 2 is 1.56 bits per heavy atom. The van der Waals surface area contributed by atoms with Crippen molar-refractivity contribution in [2.45, 2.75) is 19.3 Å². The molecular weight excluding hydrogens is 330 g/mol. The van der Waals surface area contributed by atoms with E-state index < -0.39 is 10.0 Å². The Morgan fingerprint density at radius 3 is 2.32 bits per heavy atom. The van der Waals surface area contributed by atoms with Crippen molar-refractivity contribution in [1.82, 2.24) is 4.72 Å². The smallest absolute Gasteiger partial charge is 0.212 e. The molecule has 3 aromatic carbocycles. The van der Waals surface area contributed by atoms with Crippen LogP contribution < -0.4 is 4.72 Å². The fourth-order valence-electron chi connectivity index (χ4n) is 2.99. The lowest BCUT2D eigenvalue weighted by atomic mass is 9.99. The Balaban J connectivity index is 1.60. The summed E-state index contributed by atoms with van der Waals surface area (Å²) in [5.74, 6) is 0.0407. The molecule has 25 heavy (non-hydrogen) atoms. The second-order valence-corrected chi connectivity index (χ2v) is 8.27. The highest BCUT2D eigenvalue weighted by atomic mass is 32.2. The Hall–Kier alpha value is -2.17. The zero-order chi connectivity index (χ0) is 17.7. The van der Waals surface area contributed by atoms with Gasteiger partial charge in [-0.1, -0.05) is 79.7 Å². The number of sulfonamides is 1. The Kier molecular flexibility index (Phi) is 5.51. The van der Waals surface area contributed by atoms with E-state index in [2.05, 4.69) is 29.0 Å².